The number of fused-ring (bicyclic) bond motifs is 1. The van der Waals surface area contributed by atoms with Crippen LogP contribution in [0.3, 0.4) is 0 Å². The van der Waals surface area contributed by atoms with Gasteiger partial charge >= 0.3 is 0 Å². The van der Waals surface area contributed by atoms with E-state index < -0.39 is 0 Å². The van der Waals surface area contributed by atoms with Crippen LogP contribution in [-0.2, 0) is 4.79 Å². The molecule has 1 aromatic rings. The van der Waals surface area contributed by atoms with E-state index in [9.17, 15) is 9.90 Å². The maximum absolute atomic E-state index is 11.9. The highest BCUT2D eigenvalue weighted by atomic mass is 32.2. The third-order valence-corrected chi connectivity index (χ3v) is 5.49. The van der Waals surface area contributed by atoms with E-state index in [0.717, 1.165) is 30.1 Å². The molecule has 1 heterocycles. The molecule has 1 aromatic carbocycles. The van der Waals surface area contributed by atoms with Gasteiger partial charge in [-0.25, -0.2) is 0 Å². The van der Waals surface area contributed by atoms with Crippen molar-refractivity contribution in [1.82, 2.24) is 10.2 Å². The number of hydrogen-bond acceptors (Lipinski definition) is 5. The van der Waals surface area contributed by atoms with E-state index in [-0.39, 0.29) is 11.3 Å². The van der Waals surface area contributed by atoms with Crippen LogP contribution in [0.5, 0.6) is 5.75 Å². The van der Waals surface area contributed by atoms with Gasteiger partial charge in [0, 0.05) is 13.6 Å². The van der Waals surface area contributed by atoms with Gasteiger partial charge in [-0.15, -0.1) is 0 Å². The van der Waals surface area contributed by atoms with Crippen molar-refractivity contribution in [2.75, 3.05) is 38.1 Å². The Morgan fingerprint density at radius 3 is 2.77 bits per heavy atom. The number of nitrogens with one attached hydrogen (secondary N) is 1. The minimum atomic E-state index is 0.0784. The molecule has 0 fully saturated rings. The first-order chi connectivity index (χ1) is 10.6. The smallest absolute Gasteiger partial charge is 0.234 e. The number of phenolic OH excluding ortho intramolecular Hbond substituents is 1. The summed E-state index contributed by atoms with van der Waals surface area (Å²) in [6, 6.07) is 5.59. The summed E-state index contributed by atoms with van der Waals surface area (Å²) in [6.45, 7) is 7.01. The van der Waals surface area contributed by atoms with Crippen LogP contribution in [0.25, 0.3) is 0 Å². The second-order valence-electron chi connectivity index (χ2n) is 5.41. The molecule has 0 saturated carbocycles. The topological polar surface area (TPSA) is 55.8 Å². The fourth-order valence-electron chi connectivity index (χ4n) is 2.58. The van der Waals surface area contributed by atoms with Crippen LogP contribution in [0.15, 0.2) is 23.1 Å². The molecule has 0 bridgehead atoms. The summed E-state index contributed by atoms with van der Waals surface area (Å²) >= 11 is 1.66. The van der Waals surface area contributed by atoms with Crippen LogP contribution in [0, 0.1) is 0 Å². The monoisotopic (exact) mass is 323 g/mol. The Bertz CT molecular complexity index is 520. The van der Waals surface area contributed by atoms with Crippen molar-refractivity contribution in [1.29, 1.82) is 0 Å². The average Bonchev–Trinajstić information content (AvgIpc) is 2.83. The van der Waals surface area contributed by atoms with E-state index in [1.807, 2.05) is 19.2 Å². The lowest BCUT2D eigenvalue weighted by molar-refractivity contribution is -0.122. The molecule has 0 aromatic heterocycles. The highest BCUT2D eigenvalue weighted by Gasteiger charge is 2.29. The first-order valence-corrected chi connectivity index (χ1v) is 8.65. The van der Waals surface area contributed by atoms with Crippen molar-refractivity contribution in [3.05, 3.63) is 18.2 Å². The van der Waals surface area contributed by atoms with Crippen molar-refractivity contribution < 1.29 is 9.90 Å². The normalized spacial score (nSPS) is 16.9. The Kier molecular flexibility index (Phi) is 5.97. The lowest BCUT2D eigenvalue weighted by Crippen LogP contribution is -2.38. The minimum Gasteiger partial charge on any atom is -0.507 e. The lowest BCUT2D eigenvalue weighted by Gasteiger charge is -2.22. The van der Waals surface area contributed by atoms with Gasteiger partial charge in [0.15, 0.2) is 0 Å². The number of thioether (sulfide) groups is 1. The number of amides is 1. The van der Waals surface area contributed by atoms with E-state index >= 15 is 0 Å². The largest absolute Gasteiger partial charge is 0.507 e. The summed E-state index contributed by atoms with van der Waals surface area (Å²) in [6.07, 6.45) is 0.847. The van der Waals surface area contributed by atoms with Crippen molar-refractivity contribution in [2.45, 2.75) is 30.5 Å². The maximum atomic E-state index is 11.9. The molecule has 5 nitrogen and oxygen atoms in total. The van der Waals surface area contributed by atoms with Crippen LogP contribution < -0.4 is 10.2 Å². The number of rotatable bonds is 7. The van der Waals surface area contributed by atoms with E-state index in [0.29, 0.717) is 18.8 Å². The zero-order valence-electron chi connectivity index (χ0n) is 13.5. The number of likely N-dealkylation sites (N-methyl/N-ethyl adjacent to an activating group) is 1. The number of carbonyl (C=O) groups is 1. The molecule has 1 aliphatic heterocycles. The zero-order valence-corrected chi connectivity index (χ0v) is 14.3. The van der Waals surface area contributed by atoms with Crippen LogP contribution >= 0.6 is 11.8 Å². The molecule has 1 unspecified atom stereocenters. The number of anilines is 1. The van der Waals surface area contributed by atoms with Gasteiger partial charge in [-0.3, -0.25) is 9.69 Å². The van der Waals surface area contributed by atoms with Crippen molar-refractivity contribution in [2.24, 2.45) is 0 Å². The molecule has 6 heteroatoms. The van der Waals surface area contributed by atoms with E-state index in [4.69, 9.17) is 0 Å². The number of carbonyl (C=O) groups excluding carboxylic acids is 1. The van der Waals surface area contributed by atoms with Gasteiger partial charge in [-0.05, 0) is 31.6 Å². The van der Waals surface area contributed by atoms with Gasteiger partial charge in [0.1, 0.15) is 5.75 Å². The molecule has 0 saturated heterocycles. The SMILES string of the molecule is CCN(CC)CC(=O)NCCC1Sc2c(O)cccc2N1C. The summed E-state index contributed by atoms with van der Waals surface area (Å²) in [5.41, 5.74) is 1.06. The molecule has 1 atom stereocenters. The average molecular weight is 323 g/mol. The van der Waals surface area contributed by atoms with Gasteiger partial charge in [0.2, 0.25) is 5.91 Å². The highest BCUT2D eigenvalue weighted by Crippen LogP contribution is 2.47. The lowest BCUT2D eigenvalue weighted by atomic mass is 10.2. The van der Waals surface area contributed by atoms with E-state index in [1.54, 1.807) is 17.8 Å². The van der Waals surface area contributed by atoms with Gasteiger partial charge < -0.3 is 15.3 Å². The highest BCUT2D eigenvalue weighted by molar-refractivity contribution is 8.00. The fourth-order valence-corrected chi connectivity index (χ4v) is 3.88. The van der Waals surface area contributed by atoms with Gasteiger partial charge in [-0.1, -0.05) is 31.7 Å². The fraction of sp³-hybridized carbons (Fsp3) is 0.562. The molecule has 0 spiro atoms. The Balaban J connectivity index is 1.80. The summed E-state index contributed by atoms with van der Waals surface area (Å²) in [7, 11) is 2.03. The molecule has 2 rings (SSSR count). The number of aromatic hydroxyl groups is 1. The molecule has 0 aliphatic carbocycles. The summed E-state index contributed by atoms with van der Waals surface area (Å²) in [5.74, 6) is 0.414. The van der Waals surface area contributed by atoms with Crippen LogP contribution in [0.1, 0.15) is 20.3 Å². The molecular weight excluding hydrogens is 298 g/mol. The molecular formula is C16H25N3O2S. The number of nitrogens with zero attached hydrogens (tertiary/aromatic N) is 2. The standard InChI is InChI=1S/C16H25N3O2S/c1-4-19(5-2)11-14(21)17-10-9-15-18(3)12-7-6-8-13(20)16(12)22-15/h6-8,15,20H,4-5,9-11H2,1-3H3,(H,17,21). The summed E-state index contributed by atoms with van der Waals surface area (Å²) < 4.78 is 0. The second-order valence-corrected chi connectivity index (χ2v) is 6.60. The van der Waals surface area contributed by atoms with E-state index in [1.165, 1.54) is 0 Å². The first kappa shape index (κ1) is 17.0. The molecule has 122 valence electrons. The van der Waals surface area contributed by atoms with Crippen LogP contribution in [0.4, 0.5) is 5.69 Å². The Morgan fingerprint density at radius 1 is 1.41 bits per heavy atom. The van der Waals surface area contributed by atoms with Crippen molar-refractivity contribution in [3.63, 3.8) is 0 Å². The predicted molar refractivity (Wildman–Crippen MR) is 91.6 cm³/mol. The molecule has 2 N–H and O–H groups in total. The molecule has 22 heavy (non-hydrogen) atoms. The Morgan fingerprint density at radius 2 is 2.14 bits per heavy atom. The van der Waals surface area contributed by atoms with Crippen molar-refractivity contribution in [3.8, 4) is 5.75 Å². The van der Waals surface area contributed by atoms with Crippen LogP contribution in [0.2, 0.25) is 0 Å². The Hall–Kier alpha value is -1.40. The number of hydrogen-bond donors (Lipinski definition) is 2. The molecule has 1 aliphatic rings. The predicted octanol–water partition coefficient (Wildman–Crippen LogP) is 2.11. The molecule has 0 radical (unpaired) electrons. The molecule has 1 amide bonds. The second kappa shape index (κ2) is 7.74. The third-order valence-electron chi connectivity index (χ3n) is 4.01. The van der Waals surface area contributed by atoms with Gasteiger partial charge in [0.25, 0.3) is 0 Å². The minimum absolute atomic E-state index is 0.0784. The Labute approximate surface area is 136 Å². The maximum Gasteiger partial charge on any atom is 0.234 e. The quantitative estimate of drug-likeness (QED) is 0.805. The third kappa shape index (κ3) is 3.87. The van der Waals surface area contributed by atoms with E-state index in [2.05, 4.69) is 29.0 Å². The summed E-state index contributed by atoms with van der Waals surface area (Å²) in [4.78, 5) is 17.1. The van der Waals surface area contributed by atoms with Gasteiger partial charge in [0.05, 0.1) is 22.5 Å². The zero-order chi connectivity index (χ0) is 16.1. The van der Waals surface area contributed by atoms with Crippen molar-refractivity contribution >= 4 is 23.4 Å². The number of phenols is 1. The first-order valence-electron chi connectivity index (χ1n) is 7.77. The van der Waals surface area contributed by atoms with Gasteiger partial charge in [-0.2, -0.15) is 0 Å². The number of benzene rings is 1. The summed E-state index contributed by atoms with van der Waals surface area (Å²) in [5, 5.41) is 13.1. The van der Waals surface area contributed by atoms with Crippen LogP contribution in [-0.4, -0.2) is 54.5 Å².